The van der Waals surface area contributed by atoms with Crippen LogP contribution in [0.25, 0.3) is 0 Å². The average Bonchev–Trinajstić information content (AvgIpc) is 2.32. The van der Waals surface area contributed by atoms with Crippen molar-refractivity contribution in [3.8, 4) is 0 Å². The zero-order valence-electron chi connectivity index (χ0n) is 9.84. The van der Waals surface area contributed by atoms with Crippen LogP contribution in [0.1, 0.15) is 17.2 Å². The molecule has 0 aliphatic heterocycles. The van der Waals surface area contributed by atoms with Gasteiger partial charge in [-0.05, 0) is 47.9 Å². The van der Waals surface area contributed by atoms with Gasteiger partial charge in [0.25, 0.3) is 0 Å². The molecule has 0 aromatic heterocycles. The molecular weight excluding hydrogens is 308 g/mol. The molecule has 0 radical (unpaired) electrons. The van der Waals surface area contributed by atoms with E-state index in [4.69, 9.17) is 40.5 Å². The minimum atomic E-state index is -0.449. The van der Waals surface area contributed by atoms with Crippen LogP contribution in [-0.4, -0.2) is 0 Å². The number of hydrogen-bond donors (Lipinski definition) is 1. The van der Waals surface area contributed by atoms with Gasteiger partial charge in [-0.25, -0.2) is 4.39 Å². The van der Waals surface area contributed by atoms with Gasteiger partial charge in [0.05, 0.1) is 5.02 Å². The third-order valence-electron chi connectivity index (χ3n) is 2.75. The van der Waals surface area contributed by atoms with Gasteiger partial charge in [-0.3, -0.25) is 0 Å². The lowest BCUT2D eigenvalue weighted by molar-refractivity contribution is 0.622. The minimum absolute atomic E-state index is 0.100. The molecule has 1 atom stereocenters. The van der Waals surface area contributed by atoms with Gasteiger partial charge in [0.1, 0.15) is 5.82 Å². The molecule has 2 N–H and O–H groups in total. The Labute approximate surface area is 126 Å². The van der Waals surface area contributed by atoms with Crippen LogP contribution in [-0.2, 0) is 6.42 Å². The van der Waals surface area contributed by atoms with Crippen molar-refractivity contribution in [2.45, 2.75) is 12.5 Å². The summed E-state index contributed by atoms with van der Waals surface area (Å²) in [6.07, 6.45) is 0.477. The Kier molecular flexibility index (Phi) is 4.69. The number of benzene rings is 2. The highest BCUT2D eigenvalue weighted by Crippen LogP contribution is 2.25. The van der Waals surface area contributed by atoms with Crippen LogP contribution in [0.2, 0.25) is 15.1 Å². The maximum absolute atomic E-state index is 13.3. The van der Waals surface area contributed by atoms with Gasteiger partial charge in [0, 0.05) is 16.1 Å². The van der Waals surface area contributed by atoms with E-state index in [9.17, 15) is 4.39 Å². The Bertz CT molecular complexity index is 581. The van der Waals surface area contributed by atoms with Gasteiger partial charge in [-0.2, -0.15) is 0 Å². The Hall–Kier alpha value is -0.800. The normalized spacial score (nSPS) is 12.5. The van der Waals surface area contributed by atoms with Gasteiger partial charge < -0.3 is 5.73 Å². The van der Waals surface area contributed by atoms with Crippen LogP contribution in [0.4, 0.5) is 4.39 Å². The summed E-state index contributed by atoms with van der Waals surface area (Å²) in [5, 5.41) is 1.16. The number of rotatable bonds is 3. The van der Waals surface area contributed by atoms with Crippen molar-refractivity contribution < 1.29 is 4.39 Å². The van der Waals surface area contributed by atoms with Crippen molar-refractivity contribution in [1.29, 1.82) is 0 Å². The molecule has 19 heavy (non-hydrogen) atoms. The van der Waals surface area contributed by atoms with E-state index in [1.165, 1.54) is 12.1 Å². The lowest BCUT2D eigenvalue weighted by Crippen LogP contribution is -2.13. The van der Waals surface area contributed by atoms with Crippen molar-refractivity contribution in [3.05, 3.63) is 68.4 Å². The summed E-state index contributed by atoms with van der Waals surface area (Å²) in [7, 11) is 0. The highest BCUT2D eigenvalue weighted by atomic mass is 35.5. The zero-order chi connectivity index (χ0) is 14.0. The van der Waals surface area contributed by atoms with Crippen LogP contribution in [0.5, 0.6) is 0 Å². The Morgan fingerprint density at radius 1 is 1.00 bits per heavy atom. The smallest absolute Gasteiger partial charge is 0.142 e. The van der Waals surface area contributed by atoms with E-state index in [1.54, 1.807) is 24.3 Å². The van der Waals surface area contributed by atoms with Crippen molar-refractivity contribution in [3.63, 3.8) is 0 Å². The molecule has 1 unspecified atom stereocenters. The fourth-order valence-electron chi connectivity index (χ4n) is 1.83. The second kappa shape index (κ2) is 6.10. The molecule has 2 rings (SSSR count). The lowest BCUT2D eigenvalue weighted by Gasteiger charge is -2.13. The molecule has 0 amide bonds. The van der Waals surface area contributed by atoms with E-state index in [0.717, 1.165) is 11.1 Å². The first kappa shape index (κ1) is 14.6. The summed E-state index contributed by atoms with van der Waals surface area (Å²) in [6, 6.07) is 9.49. The van der Waals surface area contributed by atoms with E-state index in [2.05, 4.69) is 0 Å². The molecule has 2 aromatic rings. The quantitative estimate of drug-likeness (QED) is 0.844. The van der Waals surface area contributed by atoms with Crippen LogP contribution >= 0.6 is 34.8 Å². The molecule has 0 spiro atoms. The standard InChI is InChI=1S/C14H11Cl3FN/c15-10-5-9(6-11(16)7-10)14(19)4-8-1-2-12(17)13(18)3-8/h1-3,5-7,14H,4,19H2. The van der Waals surface area contributed by atoms with E-state index in [-0.39, 0.29) is 11.1 Å². The first-order chi connectivity index (χ1) is 8.95. The summed E-state index contributed by atoms with van der Waals surface area (Å²) < 4.78 is 13.3. The molecule has 0 aliphatic carbocycles. The Morgan fingerprint density at radius 3 is 2.21 bits per heavy atom. The number of nitrogens with two attached hydrogens (primary N) is 1. The van der Waals surface area contributed by atoms with E-state index in [1.807, 2.05) is 0 Å². The largest absolute Gasteiger partial charge is 0.324 e. The van der Waals surface area contributed by atoms with Crippen molar-refractivity contribution in [2.75, 3.05) is 0 Å². The first-order valence-corrected chi connectivity index (χ1v) is 6.74. The van der Waals surface area contributed by atoms with Gasteiger partial charge in [-0.1, -0.05) is 40.9 Å². The predicted octanol–water partition coefficient (Wildman–Crippen LogP) is 5.03. The molecule has 0 aliphatic rings. The van der Waals surface area contributed by atoms with E-state index >= 15 is 0 Å². The van der Waals surface area contributed by atoms with Crippen LogP contribution in [0.15, 0.2) is 36.4 Å². The molecule has 0 saturated heterocycles. The summed E-state index contributed by atoms with van der Waals surface area (Å²) >= 11 is 17.5. The minimum Gasteiger partial charge on any atom is -0.324 e. The molecule has 0 heterocycles. The zero-order valence-corrected chi connectivity index (χ0v) is 12.1. The maximum Gasteiger partial charge on any atom is 0.142 e. The molecule has 0 saturated carbocycles. The van der Waals surface area contributed by atoms with Crippen molar-refractivity contribution in [2.24, 2.45) is 5.73 Å². The highest BCUT2D eigenvalue weighted by molar-refractivity contribution is 6.34. The van der Waals surface area contributed by atoms with Crippen LogP contribution in [0.3, 0.4) is 0 Å². The first-order valence-electron chi connectivity index (χ1n) is 5.61. The highest BCUT2D eigenvalue weighted by Gasteiger charge is 2.10. The average molecular weight is 319 g/mol. The molecule has 1 nitrogen and oxygen atoms in total. The molecule has 5 heteroatoms. The third kappa shape index (κ3) is 3.83. The monoisotopic (exact) mass is 317 g/mol. The molecule has 2 aromatic carbocycles. The molecule has 100 valence electrons. The number of hydrogen-bond acceptors (Lipinski definition) is 1. The van der Waals surface area contributed by atoms with Gasteiger partial charge in [-0.15, -0.1) is 0 Å². The number of halogens is 4. The second-order valence-electron chi connectivity index (χ2n) is 4.26. The fraction of sp³-hybridized carbons (Fsp3) is 0.143. The van der Waals surface area contributed by atoms with E-state index < -0.39 is 5.82 Å². The Balaban J connectivity index is 2.20. The molecular formula is C14H11Cl3FN. The third-order valence-corrected chi connectivity index (χ3v) is 3.50. The van der Waals surface area contributed by atoms with E-state index in [0.29, 0.717) is 16.5 Å². The van der Waals surface area contributed by atoms with Gasteiger partial charge >= 0.3 is 0 Å². The van der Waals surface area contributed by atoms with Crippen molar-refractivity contribution in [1.82, 2.24) is 0 Å². The lowest BCUT2D eigenvalue weighted by atomic mass is 10.00. The second-order valence-corrected chi connectivity index (χ2v) is 5.54. The SMILES string of the molecule is NC(Cc1ccc(Cl)c(F)c1)c1cc(Cl)cc(Cl)c1. The summed E-state index contributed by atoms with van der Waals surface area (Å²) in [4.78, 5) is 0. The summed E-state index contributed by atoms with van der Waals surface area (Å²) in [5.41, 5.74) is 7.66. The summed E-state index contributed by atoms with van der Waals surface area (Å²) in [6.45, 7) is 0. The molecule has 0 bridgehead atoms. The topological polar surface area (TPSA) is 26.0 Å². The maximum atomic E-state index is 13.3. The Morgan fingerprint density at radius 2 is 1.63 bits per heavy atom. The van der Waals surface area contributed by atoms with Crippen LogP contribution in [0, 0.1) is 5.82 Å². The van der Waals surface area contributed by atoms with Crippen molar-refractivity contribution >= 4 is 34.8 Å². The van der Waals surface area contributed by atoms with Gasteiger partial charge in [0.2, 0.25) is 0 Å². The predicted molar refractivity (Wildman–Crippen MR) is 78.5 cm³/mol. The molecule has 0 fully saturated rings. The summed E-state index contributed by atoms with van der Waals surface area (Å²) in [5.74, 6) is -0.449. The van der Waals surface area contributed by atoms with Crippen LogP contribution < -0.4 is 5.73 Å². The van der Waals surface area contributed by atoms with Gasteiger partial charge in [0.15, 0.2) is 0 Å². The fourth-order valence-corrected chi connectivity index (χ4v) is 2.49.